The highest BCUT2D eigenvalue weighted by Crippen LogP contribution is 2.23. The second-order valence-electron chi connectivity index (χ2n) is 6.04. The SMILES string of the molecule is Cn1c(=O)c2cc(C(=O)Nc3nnc4n3CCCC4)sc2n(C)c1=O. The fourth-order valence-electron chi connectivity index (χ4n) is 3.04. The highest BCUT2D eigenvalue weighted by atomic mass is 32.1. The van der Waals surface area contributed by atoms with Crippen molar-refractivity contribution in [3.8, 4) is 0 Å². The average Bonchev–Trinajstić information content (AvgIpc) is 3.23. The molecule has 9 nitrogen and oxygen atoms in total. The van der Waals surface area contributed by atoms with Gasteiger partial charge in [0.2, 0.25) is 5.95 Å². The summed E-state index contributed by atoms with van der Waals surface area (Å²) in [4.78, 5) is 37.7. The predicted molar refractivity (Wildman–Crippen MR) is 93.2 cm³/mol. The van der Waals surface area contributed by atoms with E-state index in [4.69, 9.17) is 0 Å². The monoisotopic (exact) mass is 360 g/mol. The number of carbonyl (C=O) groups excluding carboxylic acids is 1. The first-order valence-corrected chi connectivity index (χ1v) is 8.72. The number of nitrogens with one attached hydrogen (secondary N) is 1. The number of rotatable bonds is 2. The molecule has 4 rings (SSSR count). The molecular weight excluding hydrogens is 344 g/mol. The molecule has 0 saturated heterocycles. The van der Waals surface area contributed by atoms with Gasteiger partial charge in [0.05, 0.1) is 10.3 Å². The van der Waals surface area contributed by atoms with Gasteiger partial charge in [0.15, 0.2) is 0 Å². The smallest absolute Gasteiger partial charge is 0.297 e. The summed E-state index contributed by atoms with van der Waals surface area (Å²) in [6.45, 7) is 0.777. The maximum absolute atomic E-state index is 12.6. The lowest BCUT2D eigenvalue weighted by Gasteiger charge is -2.14. The van der Waals surface area contributed by atoms with Gasteiger partial charge in [-0.05, 0) is 18.9 Å². The van der Waals surface area contributed by atoms with E-state index in [1.54, 1.807) is 7.05 Å². The van der Waals surface area contributed by atoms with Gasteiger partial charge in [-0.2, -0.15) is 0 Å². The van der Waals surface area contributed by atoms with E-state index in [0.29, 0.717) is 21.0 Å². The predicted octanol–water partition coefficient (Wildman–Crippen LogP) is 0.479. The Labute approximate surface area is 145 Å². The third-order valence-corrected chi connectivity index (χ3v) is 5.64. The molecule has 0 bridgehead atoms. The average molecular weight is 360 g/mol. The molecule has 130 valence electrons. The first-order valence-electron chi connectivity index (χ1n) is 7.90. The molecule has 0 atom stereocenters. The van der Waals surface area contributed by atoms with Crippen LogP contribution >= 0.6 is 11.3 Å². The molecule has 0 saturated carbocycles. The Hall–Kier alpha value is -2.75. The Bertz CT molecular complexity index is 1120. The molecule has 25 heavy (non-hydrogen) atoms. The Balaban J connectivity index is 1.73. The number of anilines is 1. The minimum absolute atomic E-state index is 0.349. The van der Waals surface area contributed by atoms with Crippen molar-refractivity contribution in [2.24, 2.45) is 14.1 Å². The zero-order valence-electron chi connectivity index (χ0n) is 13.8. The van der Waals surface area contributed by atoms with Crippen LogP contribution < -0.4 is 16.6 Å². The molecular formula is C15H16N6O3S. The van der Waals surface area contributed by atoms with E-state index in [1.165, 1.54) is 17.7 Å². The molecule has 0 unspecified atom stereocenters. The van der Waals surface area contributed by atoms with Crippen molar-refractivity contribution in [3.05, 3.63) is 37.6 Å². The summed E-state index contributed by atoms with van der Waals surface area (Å²) in [5.74, 6) is 0.921. The molecule has 3 aromatic rings. The van der Waals surface area contributed by atoms with Crippen molar-refractivity contribution < 1.29 is 4.79 Å². The number of thiophene rings is 1. The van der Waals surface area contributed by atoms with Crippen molar-refractivity contribution in [3.63, 3.8) is 0 Å². The molecule has 0 radical (unpaired) electrons. The summed E-state index contributed by atoms with van der Waals surface area (Å²) in [6.07, 6.45) is 2.94. The number of carbonyl (C=O) groups is 1. The zero-order chi connectivity index (χ0) is 17.7. The summed E-state index contributed by atoms with van der Waals surface area (Å²) in [5, 5.41) is 11.3. The van der Waals surface area contributed by atoms with E-state index < -0.39 is 11.2 Å². The van der Waals surface area contributed by atoms with Gasteiger partial charge in [-0.25, -0.2) is 4.79 Å². The lowest BCUT2D eigenvalue weighted by atomic mass is 10.2. The number of aryl methyl sites for hydroxylation is 2. The second kappa shape index (κ2) is 5.66. The van der Waals surface area contributed by atoms with E-state index in [9.17, 15) is 14.4 Å². The van der Waals surface area contributed by atoms with E-state index in [0.717, 1.165) is 47.5 Å². The van der Waals surface area contributed by atoms with E-state index in [-0.39, 0.29) is 5.91 Å². The van der Waals surface area contributed by atoms with Crippen LogP contribution in [0.15, 0.2) is 15.7 Å². The van der Waals surface area contributed by atoms with Gasteiger partial charge in [0, 0.05) is 27.1 Å². The van der Waals surface area contributed by atoms with Gasteiger partial charge in [-0.3, -0.25) is 28.6 Å². The fourth-order valence-corrected chi connectivity index (χ4v) is 4.04. The topological polar surface area (TPSA) is 104 Å². The van der Waals surface area contributed by atoms with Crippen LogP contribution in [0.25, 0.3) is 10.2 Å². The Kier molecular flexibility index (Phi) is 3.57. The van der Waals surface area contributed by atoms with E-state index >= 15 is 0 Å². The molecule has 4 heterocycles. The number of amides is 1. The summed E-state index contributed by atoms with van der Waals surface area (Å²) >= 11 is 1.11. The van der Waals surface area contributed by atoms with E-state index in [2.05, 4.69) is 15.5 Å². The summed E-state index contributed by atoms with van der Waals surface area (Å²) in [7, 11) is 3.00. The van der Waals surface area contributed by atoms with Crippen LogP contribution in [0.5, 0.6) is 0 Å². The molecule has 0 fully saturated rings. The molecule has 1 N–H and O–H groups in total. The second-order valence-corrected chi connectivity index (χ2v) is 7.07. The summed E-state index contributed by atoms with van der Waals surface area (Å²) in [5.41, 5.74) is -0.828. The highest BCUT2D eigenvalue weighted by molar-refractivity contribution is 7.20. The van der Waals surface area contributed by atoms with E-state index in [1.807, 2.05) is 4.57 Å². The number of nitrogens with zero attached hydrogens (tertiary/aromatic N) is 5. The Morgan fingerprint density at radius 2 is 2.00 bits per heavy atom. The normalized spacial score (nSPS) is 13.8. The third-order valence-electron chi connectivity index (χ3n) is 4.43. The molecule has 1 aliphatic heterocycles. The molecule has 0 aliphatic carbocycles. The largest absolute Gasteiger partial charge is 0.331 e. The van der Waals surface area contributed by atoms with Crippen molar-refractivity contribution >= 4 is 33.4 Å². The van der Waals surface area contributed by atoms with Crippen LogP contribution in [-0.4, -0.2) is 29.8 Å². The minimum Gasteiger partial charge on any atom is -0.297 e. The highest BCUT2D eigenvalue weighted by Gasteiger charge is 2.20. The van der Waals surface area contributed by atoms with Crippen molar-refractivity contribution in [1.82, 2.24) is 23.9 Å². The van der Waals surface area contributed by atoms with Gasteiger partial charge >= 0.3 is 5.69 Å². The van der Waals surface area contributed by atoms with Gasteiger partial charge in [-0.1, -0.05) is 0 Å². The van der Waals surface area contributed by atoms with Gasteiger partial charge in [0.25, 0.3) is 11.5 Å². The van der Waals surface area contributed by atoms with Gasteiger partial charge in [-0.15, -0.1) is 21.5 Å². The molecule has 1 amide bonds. The van der Waals surface area contributed by atoms with Crippen LogP contribution in [0.3, 0.4) is 0 Å². The Morgan fingerprint density at radius 1 is 1.20 bits per heavy atom. The lowest BCUT2D eigenvalue weighted by molar-refractivity contribution is 0.102. The number of hydrogen-bond donors (Lipinski definition) is 1. The summed E-state index contributed by atoms with van der Waals surface area (Å²) < 4.78 is 4.31. The van der Waals surface area contributed by atoms with Gasteiger partial charge in [0.1, 0.15) is 10.7 Å². The van der Waals surface area contributed by atoms with Crippen molar-refractivity contribution in [2.45, 2.75) is 25.8 Å². The van der Waals surface area contributed by atoms with Crippen LogP contribution in [0.2, 0.25) is 0 Å². The minimum atomic E-state index is -0.419. The molecule has 10 heteroatoms. The van der Waals surface area contributed by atoms with Crippen molar-refractivity contribution in [2.75, 3.05) is 5.32 Å². The standard InChI is InChI=1S/C15H16N6O3S/c1-19-12(23)8-7-9(25-13(8)20(2)15(19)24)11(22)16-14-18-17-10-5-3-4-6-21(10)14/h7H,3-6H2,1-2H3,(H,16,18,22). The first kappa shape index (κ1) is 15.8. The quantitative estimate of drug-likeness (QED) is 0.716. The molecule has 0 spiro atoms. The lowest BCUT2D eigenvalue weighted by Crippen LogP contribution is -2.36. The van der Waals surface area contributed by atoms with Crippen LogP contribution in [0.1, 0.15) is 28.3 Å². The number of fused-ring (bicyclic) bond motifs is 2. The molecule has 3 aromatic heterocycles. The fraction of sp³-hybridized carbons (Fsp3) is 0.400. The third kappa shape index (κ3) is 2.40. The number of hydrogen-bond acceptors (Lipinski definition) is 6. The Morgan fingerprint density at radius 3 is 2.80 bits per heavy atom. The maximum Gasteiger partial charge on any atom is 0.331 e. The van der Waals surface area contributed by atoms with Gasteiger partial charge < -0.3 is 0 Å². The number of aromatic nitrogens is 5. The van der Waals surface area contributed by atoms with Crippen molar-refractivity contribution in [1.29, 1.82) is 0 Å². The molecule has 1 aliphatic rings. The summed E-state index contributed by atoms with van der Waals surface area (Å²) in [6, 6.07) is 1.52. The van der Waals surface area contributed by atoms with Crippen LogP contribution in [0, 0.1) is 0 Å². The molecule has 0 aromatic carbocycles. The maximum atomic E-state index is 12.6. The first-order chi connectivity index (χ1) is 12.0. The van der Waals surface area contributed by atoms with Crippen LogP contribution in [0.4, 0.5) is 5.95 Å². The van der Waals surface area contributed by atoms with Crippen LogP contribution in [-0.2, 0) is 27.1 Å². The zero-order valence-corrected chi connectivity index (χ0v) is 14.6.